The van der Waals surface area contributed by atoms with Gasteiger partial charge in [-0.05, 0) is 13.8 Å². The molecule has 0 radical (unpaired) electrons. The molecule has 0 aliphatic carbocycles. The van der Waals surface area contributed by atoms with Crippen molar-refractivity contribution in [3.63, 3.8) is 0 Å². The van der Waals surface area contributed by atoms with E-state index in [-0.39, 0.29) is 0 Å². The Balaban J connectivity index is 4.18. The Labute approximate surface area is 98.2 Å². The van der Waals surface area contributed by atoms with Gasteiger partial charge in [0.05, 0.1) is 13.2 Å². The fourth-order valence-electron chi connectivity index (χ4n) is 1.18. The van der Waals surface area contributed by atoms with Crippen LogP contribution < -0.4 is 0 Å². The van der Waals surface area contributed by atoms with E-state index < -0.39 is 8.80 Å². The first-order chi connectivity index (χ1) is 7.24. The molecular weight excluding hydrogens is 236 g/mol. The SMILES string of the molecule is CCO[Si](CCCl)(OCC)OCCOC. The fraction of sp³-hybridized carbons (Fsp3) is 1.00. The lowest BCUT2D eigenvalue weighted by molar-refractivity contribution is 0.0462. The molecule has 0 aliphatic heterocycles. The first-order valence-electron chi connectivity index (χ1n) is 5.21. The molecule has 0 rings (SSSR count). The van der Waals surface area contributed by atoms with Gasteiger partial charge in [-0.2, -0.15) is 0 Å². The molecule has 0 bridgehead atoms. The Bertz CT molecular complexity index is 131. The van der Waals surface area contributed by atoms with Crippen molar-refractivity contribution in [3.8, 4) is 0 Å². The molecule has 0 N–H and O–H groups in total. The number of alkyl halides is 1. The highest BCUT2D eigenvalue weighted by Crippen LogP contribution is 2.16. The molecule has 0 saturated carbocycles. The molecule has 0 aromatic heterocycles. The van der Waals surface area contributed by atoms with E-state index in [2.05, 4.69) is 0 Å². The smallest absolute Gasteiger partial charge is 0.382 e. The third-order valence-corrected chi connectivity index (χ3v) is 5.21. The van der Waals surface area contributed by atoms with Crippen molar-refractivity contribution in [1.29, 1.82) is 0 Å². The van der Waals surface area contributed by atoms with Crippen molar-refractivity contribution in [2.75, 3.05) is 39.4 Å². The van der Waals surface area contributed by atoms with E-state index in [1.54, 1.807) is 7.11 Å². The fourth-order valence-corrected chi connectivity index (χ4v) is 4.06. The summed E-state index contributed by atoms with van der Waals surface area (Å²) in [6.45, 7) is 6.03. The molecule has 0 unspecified atom stereocenters. The third kappa shape index (κ3) is 6.50. The van der Waals surface area contributed by atoms with Gasteiger partial charge in [-0.1, -0.05) is 0 Å². The summed E-state index contributed by atoms with van der Waals surface area (Å²) in [7, 11) is -0.910. The van der Waals surface area contributed by atoms with Crippen LogP contribution in [0.1, 0.15) is 13.8 Å². The molecule has 4 nitrogen and oxygen atoms in total. The maximum atomic E-state index is 5.73. The second-order valence-electron chi connectivity index (χ2n) is 2.83. The van der Waals surface area contributed by atoms with Crippen LogP contribution >= 0.6 is 11.6 Å². The highest BCUT2D eigenvalue weighted by Gasteiger charge is 2.39. The van der Waals surface area contributed by atoms with Gasteiger partial charge in [-0.15, -0.1) is 11.6 Å². The second-order valence-corrected chi connectivity index (χ2v) is 5.94. The van der Waals surface area contributed by atoms with Crippen LogP contribution in [0.4, 0.5) is 0 Å². The Kier molecular flexibility index (Phi) is 9.79. The molecule has 92 valence electrons. The monoisotopic (exact) mass is 256 g/mol. The number of rotatable bonds is 10. The van der Waals surface area contributed by atoms with Gasteiger partial charge in [-0.25, -0.2) is 0 Å². The Morgan fingerprint density at radius 3 is 2.00 bits per heavy atom. The summed E-state index contributed by atoms with van der Waals surface area (Å²) in [5.41, 5.74) is 0. The van der Waals surface area contributed by atoms with Crippen LogP contribution in [0, 0.1) is 0 Å². The summed E-state index contributed by atoms with van der Waals surface area (Å²) < 4.78 is 21.8. The largest absolute Gasteiger partial charge is 0.502 e. The predicted molar refractivity (Wildman–Crippen MR) is 62.4 cm³/mol. The van der Waals surface area contributed by atoms with Gasteiger partial charge in [-0.3, -0.25) is 0 Å². The Morgan fingerprint density at radius 1 is 1.00 bits per heavy atom. The average molecular weight is 257 g/mol. The summed E-state index contributed by atoms with van der Waals surface area (Å²) >= 11 is 5.73. The topological polar surface area (TPSA) is 36.9 Å². The summed E-state index contributed by atoms with van der Waals surface area (Å²) in [5, 5.41) is 0. The van der Waals surface area contributed by atoms with E-state index in [1.807, 2.05) is 13.8 Å². The number of methoxy groups -OCH3 is 1. The molecule has 0 amide bonds. The van der Waals surface area contributed by atoms with Gasteiger partial charge < -0.3 is 18.0 Å². The number of hydrogen-bond donors (Lipinski definition) is 0. The molecule has 0 aliphatic rings. The maximum absolute atomic E-state index is 5.73. The molecule has 0 aromatic rings. The normalized spacial score (nSPS) is 12.0. The second kappa shape index (κ2) is 9.56. The van der Waals surface area contributed by atoms with Crippen molar-refractivity contribution >= 4 is 20.4 Å². The van der Waals surface area contributed by atoms with E-state index >= 15 is 0 Å². The summed E-state index contributed by atoms with van der Waals surface area (Å²) in [6, 6.07) is 0.639. The van der Waals surface area contributed by atoms with E-state index in [0.717, 1.165) is 0 Å². The van der Waals surface area contributed by atoms with Gasteiger partial charge in [0.1, 0.15) is 0 Å². The minimum absolute atomic E-state index is 0.485. The van der Waals surface area contributed by atoms with E-state index in [0.29, 0.717) is 38.4 Å². The molecule has 0 heterocycles. The van der Waals surface area contributed by atoms with Crippen LogP contribution in [0.25, 0.3) is 0 Å². The zero-order chi connectivity index (χ0) is 11.6. The molecular formula is C9H21ClO4Si. The number of halogens is 1. The molecule has 0 fully saturated rings. The van der Waals surface area contributed by atoms with Crippen LogP contribution in [0.2, 0.25) is 6.04 Å². The van der Waals surface area contributed by atoms with E-state index in [9.17, 15) is 0 Å². The lowest BCUT2D eigenvalue weighted by atomic mass is 10.8. The third-order valence-electron chi connectivity index (χ3n) is 1.74. The van der Waals surface area contributed by atoms with Crippen molar-refractivity contribution in [1.82, 2.24) is 0 Å². The van der Waals surface area contributed by atoms with Crippen molar-refractivity contribution in [2.24, 2.45) is 0 Å². The van der Waals surface area contributed by atoms with Gasteiger partial charge in [0, 0.05) is 32.2 Å². The highest BCUT2D eigenvalue weighted by molar-refractivity contribution is 6.61. The van der Waals surface area contributed by atoms with Crippen LogP contribution in [0.5, 0.6) is 0 Å². The summed E-state index contributed by atoms with van der Waals surface area (Å²) in [5.74, 6) is 0.485. The van der Waals surface area contributed by atoms with Crippen molar-refractivity contribution in [2.45, 2.75) is 19.9 Å². The van der Waals surface area contributed by atoms with Crippen LogP contribution in [-0.4, -0.2) is 48.2 Å². The lowest BCUT2D eigenvalue weighted by Gasteiger charge is -2.28. The van der Waals surface area contributed by atoms with Gasteiger partial charge in [0.15, 0.2) is 0 Å². The first-order valence-corrected chi connectivity index (χ1v) is 7.68. The minimum Gasteiger partial charge on any atom is -0.382 e. The van der Waals surface area contributed by atoms with Gasteiger partial charge in [0.2, 0.25) is 0 Å². The number of ether oxygens (including phenoxy) is 1. The maximum Gasteiger partial charge on any atom is 0.502 e. The predicted octanol–water partition coefficient (Wildman–Crippen LogP) is 1.90. The summed E-state index contributed by atoms with van der Waals surface area (Å²) in [6.07, 6.45) is 0. The van der Waals surface area contributed by atoms with Crippen LogP contribution in [0.3, 0.4) is 0 Å². The van der Waals surface area contributed by atoms with Gasteiger partial charge >= 0.3 is 8.80 Å². The Hall–Kier alpha value is 0.347. The highest BCUT2D eigenvalue weighted by atomic mass is 35.5. The van der Waals surface area contributed by atoms with E-state index in [4.69, 9.17) is 29.6 Å². The van der Waals surface area contributed by atoms with E-state index in [1.165, 1.54) is 0 Å². The van der Waals surface area contributed by atoms with Crippen LogP contribution in [0.15, 0.2) is 0 Å². The molecule has 0 spiro atoms. The molecule has 6 heteroatoms. The number of hydrogen-bond acceptors (Lipinski definition) is 4. The lowest BCUT2D eigenvalue weighted by Crippen LogP contribution is -2.47. The zero-order valence-corrected chi connectivity index (χ0v) is 11.5. The molecule has 0 atom stereocenters. The zero-order valence-electron chi connectivity index (χ0n) is 9.75. The quantitative estimate of drug-likeness (QED) is 0.340. The minimum atomic E-state index is -2.54. The molecule has 0 saturated heterocycles. The Morgan fingerprint density at radius 2 is 1.60 bits per heavy atom. The molecule has 15 heavy (non-hydrogen) atoms. The van der Waals surface area contributed by atoms with Crippen molar-refractivity contribution < 1.29 is 18.0 Å². The molecule has 0 aromatic carbocycles. The average Bonchev–Trinajstić information content (AvgIpc) is 2.19. The standard InChI is InChI=1S/C9H21ClO4Si/c1-4-12-15(9-6-10,13-5-2)14-8-7-11-3/h4-9H2,1-3H3. The first kappa shape index (κ1) is 15.3. The van der Waals surface area contributed by atoms with Gasteiger partial charge in [0.25, 0.3) is 0 Å². The summed E-state index contributed by atoms with van der Waals surface area (Å²) in [4.78, 5) is 0. The van der Waals surface area contributed by atoms with Crippen LogP contribution in [-0.2, 0) is 18.0 Å². The van der Waals surface area contributed by atoms with Crippen molar-refractivity contribution in [3.05, 3.63) is 0 Å².